The van der Waals surface area contributed by atoms with Gasteiger partial charge >= 0.3 is 0 Å². The molecule has 0 heterocycles. The van der Waals surface area contributed by atoms with Crippen molar-refractivity contribution in [1.82, 2.24) is 0 Å². The molecule has 2 nitrogen and oxygen atoms in total. The van der Waals surface area contributed by atoms with Crippen LogP contribution in [0.4, 0.5) is 0 Å². The minimum absolute atomic E-state index is 0.00481. The molecule has 0 aliphatic heterocycles. The third-order valence-corrected chi connectivity index (χ3v) is 2.33. The van der Waals surface area contributed by atoms with E-state index in [-0.39, 0.29) is 6.61 Å². The lowest BCUT2D eigenvalue weighted by Crippen LogP contribution is -2.40. The van der Waals surface area contributed by atoms with Crippen molar-refractivity contribution in [3.8, 4) is 0 Å². The molecule has 0 fully saturated rings. The summed E-state index contributed by atoms with van der Waals surface area (Å²) in [5.74, 6) is 0. The maximum Gasteiger partial charge on any atom is 0.0653 e. The van der Waals surface area contributed by atoms with Crippen LogP contribution in [0.1, 0.15) is 25.3 Å². The van der Waals surface area contributed by atoms with Crippen LogP contribution in [0.5, 0.6) is 0 Å². The SMILES string of the molecule is CCCC(N)(CO)c1ccccc1. The molecule has 1 atom stereocenters. The van der Waals surface area contributed by atoms with Crippen molar-refractivity contribution in [2.24, 2.45) is 5.73 Å². The second-order valence-corrected chi connectivity index (χ2v) is 3.43. The van der Waals surface area contributed by atoms with E-state index in [0.717, 1.165) is 18.4 Å². The first-order valence-electron chi connectivity index (χ1n) is 4.68. The predicted molar refractivity (Wildman–Crippen MR) is 54.3 cm³/mol. The standard InChI is InChI=1S/C11H17NO/c1-2-8-11(12,9-13)10-6-4-3-5-7-10/h3-7,13H,2,8-9,12H2,1H3. The summed E-state index contributed by atoms with van der Waals surface area (Å²) in [6.45, 7) is 2.07. The summed E-state index contributed by atoms with van der Waals surface area (Å²) in [6.07, 6.45) is 1.79. The number of benzene rings is 1. The van der Waals surface area contributed by atoms with E-state index < -0.39 is 5.54 Å². The largest absolute Gasteiger partial charge is 0.394 e. The van der Waals surface area contributed by atoms with Crippen molar-refractivity contribution in [1.29, 1.82) is 0 Å². The second-order valence-electron chi connectivity index (χ2n) is 3.43. The molecule has 13 heavy (non-hydrogen) atoms. The predicted octanol–water partition coefficient (Wildman–Crippen LogP) is 1.63. The van der Waals surface area contributed by atoms with Gasteiger partial charge < -0.3 is 10.8 Å². The average Bonchev–Trinajstić information content (AvgIpc) is 2.19. The molecular formula is C11H17NO. The van der Waals surface area contributed by atoms with Crippen LogP contribution in [0.25, 0.3) is 0 Å². The van der Waals surface area contributed by atoms with Gasteiger partial charge in [0.15, 0.2) is 0 Å². The fourth-order valence-corrected chi connectivity index (χ4v) is 1.53. The van der Waals surface area contributed by atoms with Gasteiger partial charge in [-0.1, -0.05) is 43.7 Å². The normalized spacial score (nSPS) is 15.3. The highest BCUT2D eigenvalue weighted by atomic mass is 16.3. The molecule has 1 aromatic rings. The summed E-state index contributed by atoms with van der Waals surface area (Å²) in [5.41, 5.74) is 6.53. The van der Waals surface area contributed by atoms with Gasteiger partial charge in [0, 0.05) is 0 Å². The fourth-order valence-electron chi connectivity index (χ4n) is 1.53. The van der Waals surface area contributed by atoms with Crippen molar-refractivity contribution in [3.05, 3.63) is 35.9 Å². The number of nitrogens with two attached hydrogens (primary N) is 1. The Morgan fingerprint density at radius 2 is 1.92 bits per heavy atom. The molecule has 0 bridgehead atoms. The molecule has 1 unspecified atom stereocenters. The molecule has 0 saturated heterocycles. The zero-order valence-electron chi connectivity index (χ0n) is 8.03. The Morgan fingerprint density at radius 1 is 1.31 bits per heavy atom. The molecule has 0 aliphatic rings. The summed E-state index contributed by atoms with van der Waals surface area (Å²) >= 11 is 0. The third kappa shape index (κ3) is 2.29. The highest BCUT2D eigenvalue weighted by molar-refractivity contribution is 5.23. The van der Waals surface area contributed by atoms with E-state index in [0.29, 0.717) is 0 Å². The molecule has 0 amide bonds. The van der Waals surface area contributed by atoms with E-state index in [1.54, 1.807) is 0 Å². The van der Waals surface area contributed by atoms with Crippen LogP contribution in [0, 0.1) is 0 Å². The van der Waals surface area contributed by atoms with Crippen molar-refractivity contribution in [2.75, 3.05) is 6.61 Å². The van der Waals surface area contributed by atoms with E-state index in [4.69, 9.17) is 5.73 Å². The number of aliphatic hydroxyl groups excluding tert-OH is 1. The monoisotopic (exact) mass is 179 g/mol. The molecule has 1 aromatic carbocycles. The average molecular weight is 179 g/mol. The maximum atomic E-state index is 9.24. The quantitative estimate of drug-likeness (QED) is 0.738. The van der Waals surface area contributed by atoms with Crippen molar-refractivity contribution in [3.63, 3.8) is 0 Å². The van der Waals surface area contributed by atoms with E-state index in [2.05, 4.69) is 6.92 Å². The van der Waals surface area contributed by atoms with Gasteiger partial charge in [-0.25, -0.2) is 0 Å². The first kappa shape index (κ1) is 10.2. The minimum Gasteiger partial charge on any atom is -0.394 e. The highest BCUT2D eigenvalue weighted by Crippen LogP contribution is 2.22. The third-order valence-electron chi connectivity index (χ3n) is 2.33. The lowest BCUT2D eigenvalue weighted by atomic mass is 9.87. The van der Waals surface area contributed by atoms with Gasteiger partial charge in [-0.15, -0.1) is 0 Å². The Balaban J connectivity index is 2.89. The van der Waals surface area contributed by atoms with E-state index >= 15 is 0 Å². The molecule has 3 N–H and O–H groups in total. The van der Waals surface area contributed by atoms with Crippen LogP contribution in [0.15, 0.2) is 30.3 Å². The van der Waals surface area contributed by atoms with Crippen molar-refractivity contribution >= 4 is 0 Å². The number of hydrogen-bond donors (Lipinski definition) is 2. The van der Waals surface area contributed by atoms with Gasteiger partial charge in [0.1, 0.15) is 0 Å². The Labute approximate surface area is 79.4 Å². The van der Waals surface area contributed by atoms with Crippen LogP contribution in [-0.2, 0) is 5.54 Å². The van der Waals surface area contributed by atoms with Gasteiger partial charge in [-0.3, -0.25) is 0 Å². The summed E-state index contributed by atoms with van der Waals surface area (Å²) in [6, 6.07) is 9.77. The van der Waals surface area contributed by atoms with Gasteiger partial charge in [0.25, 0.3) is 0 Å². The molecule has 0 aliphatic carbocycles. The lowest BCUT2D eigenvalue weighted by molar-refractivity contribution is 0.186. The van der Waals surface area contributed by atoms with E-state index in [1.165, 1.54) is 0 Å². The zero-order chi connectivity index (χ0) is 9.73. The van der Waals surface area contributed by atoms with E-state index in [1.807, 2.05) is 30.3 Å². The summed E-state index contributed by atoms with van der Waals surface area (Å²) in [7, 11) is 0. The molecule has 0 spiro atoms. The minimum atomic E-state index is -0.560. The van der Waals surface area contributed by atoms with Gasteiger partial charge in [-0.2, -0.15) is 0 Å². The van der Waals surface area contributed by atoms with Crippen molar-refractivity contribution < 1.29 is 5.11 Å². The van der Waals surface area contributed by atoms with E-state index in [9.17, 15) is 5.11 Å². The van der Waals surface area contributed by atoms with Crippen LogP contribution < -0.4 is 5.73 Å². The summed E-state index contributed by atoms with van der Waals surface area (Å²) < 4.78 is 0. The Hall–Kier alpha value is -0.860. The smallest absolute Gasteiger partial charge is 0.0653 e. The van der Waals surface area contributed by atoms with Gasteiger partial charge in [0.2, 0.25) is 0 Å². The summed E-state index contributed by atoms with van der Waals surface area (Å²) in [4.78, 5) is 0. The summed E-state index contributed by atoms with van der Waals surface area (Å²) in [5, 5.41) is 9.24. The van der Waals surface area contributed by atoms with Crippen molar-refractivity contribution in [2.45, 2.75) is 25.3 Å². The lowest BCUT2D eigenvalue weighted by Gasteiger charge is -2.27. The number of rotatable bonds is 4. The molecule has 0 radical (unpaired) electrons. The molecule has 72 valence electrons. The van der Waals surface area contributed by atoms with Crippen LogP contribution in [0.2, 0.25) is 0 Å². The highest BCUT2D eigenvalue weighted by Gasteiger charge is 2.24. The maximum absolute atomic E-state index is 9.24. The van der Waals surface area contributed by atoms with Crippen LogP contribution in [0.3, 0.4) is 0 Å². The van der Waals surface area contributed by atoms with Crippen LogP contribution in [-0.4, -0.2) is 11.7 Å². The molecule has 0 aromatic heterocycles. The first-order chi connectivity index (χ1) is 6.23. The Morgan fingerprint density at radius 3 is 2.38 bits per heavy atom. The second kappa shape index (κ2) is 4.40. The molecule has 2 heteroatoms. The Kier molecular flexibility index (Phi) is 3.46. The molecule has 1 rings (SSSR count). The molecule has 0 saturated carbocycles. The van der Waals surface area contributed by atoms with Gasteiger partial charge in [0.05, 0.1) is 12.1 Å². The fraction of sp³-hybridized carbons (Fsp3) is 0.455. The first-order valence-corrected chi connectivity index (χ1v) is 4.68. The molecular weight excluding hydrogens is 162 g/mol. The van der Waals surface area contributed by atoms with Gasteiger partial charge in [-0.05, 0) is 12.0 Å². The topological polar surface area (TPSA) is 46.2 Å². The van der Waals surface area contributed by atoms with Crippen LogP contribution >= 0.6 is 0 Å². The number of aliphatic hydroxyl groups is 1. The zero-order valence-corrected chi connectivity index (χ0v) is 8.03. The Bertz CT molecular complexity index is 248. The number of hydrogen-bond acceptors (Lipinski definition) is 2.